The number of nitrogens with zero attached hydrogens (tertiary/aromatic N) is 2. The van der Waals surface area contributed by atoms with E-state index in [0.717, 1.165) is 6.92 Å². The van der Waals surface area contributed by atoms with Crippen LogP contribution >= 0.6 is 0 Å². The first-order valence-electron chi connectivity index (χ1n) is 21.4. The average Bonchev–Trinajstić information content (AvgIpc) is 3.23. The fraction of sp³-hybridized carbons (Fsp3) is 0.690. The van der Waals surface area contributed by atoms with E-state index < -0.39 is 94.7 Å². The minimum absolute atomic E-state index is 0.0248. The molecule has 24 nitrogen and oxygen atoms in total. The Bertz CT molecular complexity index is 1690. The van der Waals surface area contributed by atoms with Crippen LogP contribution < -0.4 is 16.0 Å². The molecule has 0 fully saturated rings. The monoisotopic (exact) mass is 948 g/mol. The van der Waals surface area contributed by atoms with Crippen LogP contribution in [0.4, 0.5) is 0 Å². The number of benzene rings is 1. The highest BCUT2D eigenvalue weighted by Crippen LogP contribution is 2.23. The Morgan fingerprint density at radius 1 is 0.667 bits per heavy atom. The number of nitrogens with two attached hydrogens (primary N) is 1. The molecule has 0 heterocycles. The second-order valence-electron chi connectivity index (χ2n) is 15.0. The van der Waals surface area contributed by atoms with E-state index >= 15 is 0 Å². The zero-order chi connectivity index (χ0) is 51.0. The molecule has 1 aromatic carbocycles. The lowest BCUT2D eigenvalue weighted by molar-refractivity contribution is -0.764. The quantitative estimate of drug-likeness (QED) is 0.0267. The van der Waals surface area contributed by atoms with Gasteiger partial charge in [0.05, 0.1) is 6.61 Å². The van der Waals surface area contributed by atoms with Gasteiger partial charge in [-0.25, -0.2) is 29.9 Å². The van der Waals surface area contributed by atoms with Gasteiger partial charge in [-0.15, -0.1) is 20.2 Å². The van der Waals surface area contributed by atoms with E-state index in [-0.39, 0.29) is 31.2 Å². The highest BCUT2D eigenvalue weighted by molar-refractivity contribution is 5.88. The third-order valence-corrected chi connectivity index (χ3v) is 8.39. The largest absolute Gasteiger partial charge is 0.460 e. The molecule has 1 rings (SSSR count). The number of rotatable bonds is 30. The number of hydrogen-bond donors (Lipinski definition) is 2. The Labute approximate surface area is 384 Å². The van der Waals surface area contributed by atoms with Gasteiger partial charge in [0, 0.05) is 12.8 Å². The molecular formula is C42H68N4O20. The maximum atomic E-state index is 13.4. The highest BCUT2D eigenvalue weighted by atomic mass is 17.0. The van der Waals surface area contributed by atoms with Crippen LogP contribution in [0.15, 0.2) is 24.3 Å². The molecule has 4 unspecified atom stereocenters. The van der Waals surface area contributed by atoms with Crippen LogP contribution in [0.2, 0.25) is 0 Å². The Kier molecular flexibility index (Phi) is 31.3. The van der Waals surface area contributed by atoms with E-state index in [1.165, 1.54) is 38.1 Å². The van der Waals surface area contributed by atoms with Gasteiger partial charge in [0.1, 0.15) is 23.0 Å². The summed E-state index contributed by atoms with van der Waals surface area (Å²) in [4.78, 5) is 121. The van der Waals surface area contributed by atoms with Crippen molar-refractivity contribution in [1.82, 2.24) is 5.32 Å². The lowest BCUT2D eigenvalue weighted by Crippen LogP contribution is -2.47. The van der Waals surface area contributed by atoms with Crippen molar-refractivity contribution in [3.05, 3.63) is 50.1 Å². The molecule has 0 saturated carbocycles. The second-order valence-corrected chi connectivity index (χ2v) is 15.0. The molecule has 0 aromatic heterocycles. The van der Waals surface area contributed by atoms with E-state index in [1.54, 1.807) is 27.7 Å². The SMILES string of the molecule is CC.CC.CC(OC(=O)C(Cc1ccc(OC(=O)C(C)OC(=O)C(C)O[N+](=O)[O-])cc1)NC(=O)COC(=O)CON)C(=O)OC(C)(C)CCCCCC(=O)OC(C)(C)CCCCO[N+](=O)[O-]. The number of carbonyl (C=O) groups excluding carboxylic acids is 7. The van der Waals surface area contributed by atoms with E-state index in [0.29, 0.717) is 50.5 Å². The Morgan fingerprint density at radius 2 is 1.21 bits per heavy atom. The minimum atomic E-state index is -1.60. The average molecular weight is 949 g/mol. The summed E-state index contributed by atoms with van der Waals surface area (Å²) < 4.78 is 31.3. The van der Waals surface area contributed by atoms with Crippen LogP contribution in [0.3, 0.4) is 0 Å². The first kappa shape index (κ1) is 61.9. The molecule has 1 amide bonds. The minimum Gasteiger partial charge on any atom is -0.460 e. The van der Waals surface area contributed by atoms with Crippen LogP contribution in [0.25, 0.3) is 0 Å². The van der Waals surface area contributed by atoms with Crippen molar-refractivity contribution < 1.29 is 86.7 Å². The molecule has 66 heavy (non-hydrogen) atoms. The Morgan fingerprint density at radius 3 is 1.77 bits per heavy atom. The molecule has 1 aromatic rings. The van der Waals surface area contributed by atoms with Crippen molar-refractivity contribution in [2.75, 3.05) is 19.8 Å². The Balaban J connectivity index is 0. The highest BCUT2D eigenvalue weighted by Gasteiger charge is 2.32. The van der Waals surface area contributed by atoms with Crippen LogP contribution in [-0.2, 0) is 78.2 Å². The van der Waals surface area contributed by atoms with Gasteiger partial charge in [-0.2, -0.15) is 0 Å². The normalized spacial score (nSPS) is 12.5. The molecule has 0 saturated heterocycles. The molecule has 4 atom stereocenters. The van der Waals surface area contributed by atoms with Crippen molar-refractivity contribution in [2.45, 2.75) is 170 Å². The predicted molar refractivity (Wildman–Crippen MR) is 230 cm³/mol. The molecule has 376 valence electrons. The van der Waals surface area contributed by atoms with Gasteiger partial charge in [-0.3, -0.25) is 19.3 Å². The fourth-order valence-electron chi connectivity index (χ4n) is 5.21. The Hall–Kier alpha value is -6.17. The molecule has 0 aliphatic rings. The van der Waals surface area contributed by atoms with Crippen LogP contribution in [0.1, 0.15) is 133 Å². The third-order valence-electron chi connectivity index (χ3n) is 8.39. The summed E-state index contributed by atoms with van der Waals surface area (Å²) in [6, 6.07) is 4.04. The summed E-state index contributed by atoms with van der Waals surface area (Å²) in [6.07, 6.45) is -1.000. The van der Waals surface area contributed by atoms with Gasteiger partial charge in [0.15, 0.2) is 25.4 Å². The first-order chi connectivity index (χ1) is 30.9. The number of unbranched alkanes of at least 4 members (excludes halogenated alkanes) is 3. The summed E-state index contributed by atoms with van der Waals surface area (Å²) in [5, 5.41) is 21.0. The third kappa shape index (κ3) is 29.3. The summed E-state index contributed by atoms with van der Waals surface area (Å²) in [6.45, 7) is 16.8. The lowest BCUT2D eigenvalue weighted by Gasteiger charge is -2.27. The van der Waals surface area contributed by atoms with E-state index in [9.17, 15) is 53.8 Å². The van der Waals surface area contributed by atoms with Gasteiger partial charge in [-0.05, 0) is 105 Å². The molecule has 0 bridgehead atoms. The van der Waals surface area contributed by atoms with Crippen LogP contribution in [-0.4, -0.2) is 107 Å². The van der Waals surface area contributed by atoms with Crippen LogP contribution in [0, 0.1) is 20.2 Å². The second kappa shape index (κ2) is 33.3. The molecule has 3 N–H and O–H groups in total. The maximum absolute atomic E-state index is 13.4. The zero-order valence-corrected chi connectivity index (χ0v) is 39.7. The van der Waals surface area contributed by atoms with Gasteiger partial charge in [0.2, 0.25) is 6.10 Å². The van der Waals surface area contributed by atoms with Gasteiger partial charge in [0.25, 0.3) is 16.1 Å². The molecule has 0 aliphatic carbocycles. The molecular weight excluding hydrogens is 880 g/mol. The number of ether oxygens (including phenoxy) is 6. The van der Waals surface area contributed by atoms with Gasteiger partial charge in [-0.1, -0.05) is 46.2 Å². The van der Waals surface area contributed by atoms with Crippen molar-refractivity contribution >= 4 is 41.7 Å². The first-order valence-corrected chi connectivity index (χ1v) is 21.4. The summed E-state index contributed by atoms with van der Waals surface area (Å²) in [7, 11) is 0. The number of esters is 6. The van der Waals surface area contributed by atoms with E-state index in [4.69, 9.17) is 34.3 Å². The van der Waals surface area contributed by atoms with Gasteiger partial charge >= 0.3 is 35.8 Å². The molecule has 0 spiro atoms. The topological polar surface area (TPSA) is 327 Å². The van der Waals surface area contributed by atoms with Crippen molar-refractivity contribution in [3.63, 3.8) is 0 Å². The van der Waals surface area contributed by atoms with E-state index in [2.05, 4.69) is 19.8 Å². The van der Waals surface area contributed by atoms with Crippen molar-refractivity contribution in [2.24, 2.45) is 5.90 Å². The van der Waals surface area contributed by atoms with Gasteiger partial charge < -0.3 is 38.6 Å². The number of hydrogen-bond acceptors (Lipinski definition) is 21. The molecule has 24 heteroatoms. The van der Waals surface area contributed by atoms with E-state index in [1.807, 2.05) is 27.7 Å². The number of carbonyl (C=O) groups is 7. The maximum Gasteiger partial charge on any atom is 0.352 e. The van der Waals surface area contributed by atoms with Crippen molar-refractivity contribution in [3.8, 4) is 5.75 Å². The zero-order valence-electron chi connectivity index (χ0n) is 39.7. The molecule has 0 aliphatic heterocycles. The number of amides is 1. The van der Waals surface area contributed by atoms with Crippen molar-refractivity contribution in [1.29, 1.82) is 0 Å². The van der Waals surface area contributed by atoms with Crippen LogP contribution in [0.5, 0.6) is 5.75 Å². The number of nitrogens with one attached hydrogen (secondary N) is 1. The summed E-state index contributed by atoms with van der Waals surface area (Å²) in [5.41, 5.74) is -1.37. The molecule has 0 radical (unpaired) electrons. The fourth-order valence-corrected chi connectivity index (χ4v) is 5.21. The smallest absolute Gasteiger partial charge is 0.352 e. The predicted octanol–water partition coefficient (Wildman–Crippen LogP) is 4.54. The summed E-state index contributed by atoms with van der Waals surface area (Å²) in [5.74, 6) is -1.62. The standard InChI is InChI=1S/C38H56N4O20.2C2H6/c1-24(57-34(47)26(3)62-42(52)53)33(46)59-28-16-14-27(15-17-28)21-29(40-30(43)22-54-32(45)23-55-39)36(49)58-25(2)35(48)61-38(6,7)18-10-8-9-13-31(44)60-37(4,5)19-11-12-20-56-41(50)51;2*1-2/h14-17,24-26,29H,8-13,18-23,39H2,1-7H3,(H,40,43);2*1-2H3. The lowest BCUT2D eigenvalue weighted by atomic mass is 9.99. The summed E-state index contributed by atoms with van der Waals surface area (Å²) >= 11 is 0.